The summed E-state index contributed by atoms with van der Waals surface area (Å²) in [5.41, 5.74) is -0.203. The predicted molar refractivity (Wildman–Crippen MR) is 127 cm³/mol. The molecule has 6 nitrogen and oxygen atoms in total. The van der Waals surface area contributed by atoms with E-state index in [1.54, 1.807) is 18.3 Å². The minimum absolute atomic E-state index is 0.0318. The smallest absolute Gasteiger partial charge is 0.387 e. The maximum atomic E-state index is 12.9. The number of likely N-dealkylation sites (tertiary alicyclic amines) is 1. The number of carboxylic acids is 1. The van der Waals surface area contributed by atoms with Gasteiger partial charge in [-0.1, -0.05) is 34.1 Å². The number of carbonyl (C=O) groups is 1. The molecule has 1 aliphatic heterocycles. The lowest BCUT2D eigenvalue weighted by Gasteiger charge is -2.48. The molecule has 0 spiro atoms. The number of carboxylic acid groups (broad SMARTS) is 1. The zero-order valence-electron chi connectivity index (χ0n) is 20.0. The Kier molecular flexibility index (Phi) is 7.94. The number of thiazole rings is 1. The number of rotatable bonds is 8. The van der Waals surface area contributed by atoms with Gasteiger partial charge in [0.2, 0.25) is 0 Å². The number of hydrogen-bond donors (Lipinski definition) is 1. The van der Waals surface area contributed by atoms with Crippen LogP contribution in [0.5, 0.6) is 5.75 Å². The second-order valence-corrected chi connectivity index (χ2v) is 11.2. The summed E-state index contributed by atoms with van der Waals surface area (Å²) in [4.78, 5) is 19.9. The summed E-state index contributed by atoms with van der Waals surface area (Å²) < 4.78 is 30.5. The zero-order valence-corrected chi connectivity index (χ0v) is 20.8. The molecule has 34 heavy (non-hydrogen) atoms. The lowest BCUT2D eigenvalue weighted by molar-refractivity contribution is -0.156. The molecule has 2 aromatic rings. The van der Waals surface area contributed by atoms with Gasteiger partial charge in [-0.15, -0.1) is 11.3 Å². The van der Waals surface area contributed by atoms with Gasteiger partial charge in [-0.05, 0) is 42.4 Å². The van der Waals surface area contributed by atoms with E-state index in [1.807, 2.05) is 13.0 Å². The van der Waals surface area contributed by atoms with E-state index in [4.69, 9.17) is 5.26 Å². The minimum Gasteiger partial charge on any atom is -0.481 e. The molecule has 1 saturated heterocycles. The quantitative estimate of drug-likeness (QED) is 0.486. The average molecular weight is 492 g/mol. The van der Waals surface area contributed by atoms with Crippen molar-refractivity contribution in [1.29, 1.82) is 5.26 Å². The zero-order chi connectivity index (χ0) is 25.1. The minimum atomic E-state index is -3.02. The third-order valence-electron chi connectivity index (χ3n) is 6.54. The molecule has 2 heterocycles. The highest BCUT2D eigenvalue weighted by Gasteiger charge is 2.47. The molecule has 2 atom stereocenters. The Morgan fingerprint density at radius 1 is 1.44 bits per heavy atom. The Morgan fingerprint density at radius 2 is 2.18 bits per heavy atom. The fourth-order valence-electron chi connectivity index (χ4n) is 4.71. The molecule has 3 rings (SSSR count). The van der Waals surface area contributed by atoms with E-state index in [0.29, 0.717) is 36.5 Å². The molecule has 184 valence electrons. The first kappa shape index (κ1) is 26.0. The highest BCUT2D eigenvalue weighted by molar-refractivity contribution is 7.15. The van der Waals surface area contributed by atoms with Gasteiger partial charge in [-0.25, -0.2) is 4.98 Å². The van der Waals surface area contributed by atoms with E-state index < -0.39 is 18.0 Å². The van der Waals surface area contributed by atoms with Crippen molar-refractivity contribution >= 4 is 17.3 Å². The number of hydrogen-bond acceptors (Lipinski definition) is 6. The number of ether oxygens (including phenoxy) is 1. The fraction of sp³-hybridized carbons (Fsp3) is 0.560. The van der Waals surface area contributed by atoms with Gasteiger partial charge < -0.3 is 9.84 Å². The van der Waals surface area contributed by atoms with Crippen LogP contribution in [0.2, 0.25) is 0 Å². The number of nitrogens with zero attached hydrogens (tertiary/aromatic N) is 3. The van der Waals surface area contributed by atoms with Crippen molar-refractivity contribution in [2.75, 3.05) is 13.1 Å². The van der Waals surface area contributed by atoms with Crippen molar-refractivity contribution in [3.8, 4) is 22.4 Å². The second-order valence-electron chi connectivity index (χ2n) is 10.1. The predicted octanol–water partition coefficient (Wildman–Crippen LogP) is 6.02. The van der Waals surface area contributed by atoms with Crippen molar-refractivity contribution in [2.45, 2.75) is 60.1 Å². The van der Waals surface area contributed by atoms with Crippen molar-refractivity contribution in [3.05, 3.63) is 34.8 Å². The van der Waals surface area contributed by atoms with Crippen molar-refractivity contribution in [3.63, 3.8) is 0 Å². The van der Waals surface area contributed by atoms with Crippen LogP contribution in [0.3, 0.4) is 0 Å². The molecular weight excluding hydrogens is 460 g/mol. The van der Waals surface area contributed by atoms with Crippen LogP contribution in [-0.2, 0) is 11.3 Å². The summed E-state index contributed by atoms with van der Waals surface area (Å²) in [6.45, 7) is 7.24. The monoisotopic (exact) mass is 491 g/mol. The lowest BCUT2D eigenvalue weighted by Crippen LogP contribution is -2.53. The van der Waals surface area contributed by atoms with Crippen LogP contribution in [0, 0.1) is 28.1 Å². The molecule has 0 saturated carbocycles. The first-order valence-electron chi connectivity index (χ1n) is 11.4. The maximum absolute atomic E-state index is 12.9. The van der Waals surface area contributed by atoms with Gasteiger partial charge in [-0.3, -0.25) is 9.69 Å². The van der Waals surface area contributed by atoms with Crippen LogP contribution in [0.25, 0.3) is 10.6 Å². The maximum Gasteiger partial charge on any atom is 0.387 e. The van der Waals surface area contributed by atoms with Crippen LogP contribution in [-0.4, -0.2) is 40.7 Å². The van der Waals surface area contributed by atoms with E-state index in [9.17, 15) is 18.7 Å². The van der Waals surface area contributed by atoms with Gasteiger partial charge in [0.05, 0.1) is 22.6 Å². The molecule has 0 unspecified atom stereocenters. The Labute approximate surface area is 203 Å². The standard InChI is InChI=1S/C25H31F2N3O3S/c1-5-8-25(22(31)32)10-17(24(2,3)4)13-30(15-25)14-18-12-29-21(34-18)19-7-6-16(11-28)9-20(19)33-23(26)27/h6-7,9,12,17,23H,5,8,10,13-15H2,1-4H3,(H,31,32)/t17-,25-/m1/s1. The third kappa shape index (κ3) is 5.91. The summed E-state index contributed by atoms with van der Waals surface area (Å²) in [6, 6.07) is 6.31. The number of aliphatic carboxylic acids is 1. The molecular formula is C25H31F2N3O3S. The van der Waals surface area contributed by atoms with Gasteiger partial charge in [0.15, 0.2) is 0 Å². The molecule has 1 aromatic carbocycles. The molecule has 1 aliphatic rings. The largest absolute Gasteiger partial charge is 0.481 e. The van der Waals surface area contributed by atoms with Gasteiger partial charge in [0, 0.05) is 30.7 Å². The van der Waals surface area contributed by atoms with Crippen LogP contribution >= 0.6 is 11.3 Å². The van der Waals surface area contributed by atoms with Gasteiger partial charge in [0.25, 0.3) is 0 Å². The van der Waals surface area contributed by atoms with E-state index in [1.165, 1.54) is 17.4 Å². The van der Waals surface area contributed by atoms with Crippen molar-refractivity contribution in [2.24, 2.45) is 16.7 Å². The van der Waals surface area contributed by atoms with E-state index in [2.05, 4.69) is 35.4 Å². The molecule has 0 radical (unpaired) electrons. The summed E-state index contributed by atoms with van der Waals surface area (Å²) in [5, 5.41) is 19.8. The molecule has 0 aliphatic carbocycles. The molecule has 1 fully saturated rings. The summed E-state index contributed by atoms with van der Waals surface area (Å²) >= 11 is 1.36. The fourth-order valence-corrected chi connectivity index (χ4v) is 5.70. The normalized spacial score (nSPS) is 21.4. The van der Waals surface area contributed by atoms with E-state index in [0.717, 1.165) is 17.8 Å². The Balaban J connectivity index is 1.87. The van der Waals surface area contributed by atoms with Gasteiger partial charge in [-0.2, -0.15) is 14.0 Å². The van der Waals surface area contributed by atoms with Gasteiger partial charge in [0.1, 0.15) is 10.8 Å². The first-order valence-corrected chi connectivity index (χ1v) is 12.2. The SMILES string of the molecule is CCC[C@@]1(C(=O)O)C[C@@H](C(C)(C)C)CN(Cc2cnc(-c3ccc(C#N)cc3OC(F)F)s2)C1. The van der Waals surface area contributed by atoms with Crippen molar-refractivity contribution in [1.82, 2.24) is 9.88 Å². The van der Waals surface area contributed by atoms with E-state index >= 15 is 0 Å². The lowest BCUT2D eigenvalue weighted by atomic mass is 9.65. The van der Waals surface area contributed by atoms with E-state index in [-0.39, 0.29) is 22.6 Å². The summed E-state index contributed by atoms with van der Waals surface area (Å²) in [5.74, 6) is -0.612. The topological polar surface area (TPSA) is 86.5 Å². The molecule has 0 bridgehead atoms. The number of nitriles is 1. The Bertz CT molecular complexity index is 1060. The highest BCUT2D eigenvalue weighted by atomic mass is 32.1. The molecule has 0 amide bonds. The Morgan fingerprint density at radius 3 is 2.76 bits per heavy atom. The molecule has 9 heteroatoms. The summed E-state index contributed by atoms with van der Waals surface area (Å²) in [6.07, 6.45) is 3.78. The third-order valence-corrected chi connectivity index (χ3v) is 7.55. The van der Waals surface area contributed by atoms with Crippen LogP contribution in [0.15, 0.2) is 24.4 Å². The second kappa shape index (κ2) is 10.4. The summed E-state index contributed by atoms with van der Waals surface area (Å²) in [7, 11) is 0. The van der Waals surface area contributed by atoms with Gasteiger partial charge >= 0.3 is 12.6 Å². The average Bonchev–Trinajstić information content (AvgIpc) is 3.20. The van der Waals surface area contributed by atoms with Crippen molar-refractivity contribution < 1.29 is 23.4 Å². The number of piperidine rings is 1. The molecule has 1 N–H and O–H groups in total. The number of halogens is 2. The first-order chi connectivity index (χ1) is 16.0. The van der Waals surface area contributed by atoms with Crippen LogP contribution in [0.4, 0.5) is 8.78 Å². The highest BCUT2D eigenvalue weighted by Crippen LogP contribution is 2.45. The number of benzene rings is 1. The van der Waals surface area contributed by atoms with Crippen LogP contribution in [0.1, 0.15) is 57.4 Å². The number of aromatic nitrogens is 1. The van der Waals surface area contributed by atoms with Crippen LogP contribution < -0.4 is 4.74 Å². The molecule has 1 aromatic heterocycles. The Hall–Kier alpha value is -2.57. The number of alkyl halides is 2.